The van der Waals surface area contributed by atoms with Crippen LogP contribution in [0.3, 0.4) is 0 Å². The molecular weight excluding hydrogens is 268 g/mol. The molecule has 2 amide bonds. The van der Waals surface area contributed by atoms with Gasteiger partial charge in [0.25, 0.3) is 0 Å². The fourth-order valence-corrected chi connectivity index (χ4v) is 2.87. The second-order valence-electron chi connectivity index (χ2n) is 6.42. The summed E-state index contributed by atoms with van der Waals surface area (Å²) in [4.78, 5) is 22.1. The topological polar surface area (TPSA) is 78.4 Å². The van der Waals surface area contributed by atoms with Crippen LogP contribution < -0.4 is 10.6 Å². The highest BCUT2D eigenvalue weighted by atomic mass is 16.4. The summed E-state index contributed by atoms with van der Waals surface area (Å²) in [6, 6.07) is 0.249. The molecule has 1 aliphatic carbocycles. The molecule has 0 aromatic rings. The summed E-state index contributed by atoms with van der Waals surface area (Å²) < 4.78 is 0. The Morgan fingerprint density at radius 1 is 1.05 bits per heavy atom. The van der Waals surface area contributed by atoms with E-state index < -0.39 is 5.97 Å². The van der Waals surface area contributed by atoms with Crippen molar-refractivity contribution in [2.75, 3.05) is 6.54 Å². The van der Waals surface area contributed by atoms with Crippen LogP contribution in [0.5, 0.6) is 0 Å². The zero-order valence-corrected chi connectivity index (χ0v) is 13.4. The first-order valence-corrected chi connectivity index (χ1v) is 8.25. The number of amides is 2. The fourth-order valence-electron chi connectivity index (χ4n) is 2.87. The lowest BCUT2D eigenvalue weighted by Gasteiger charge is -2.32. The normalized spacial score (nSPS) is 25.3. The van der Waals surface area contributed by atoms with Crippen molar-refractivity contribution in [3.8, 4) is 0 Å². The number of carboxylic acid groups (broad SMARTS) is 1. The zero-order chi connectivity index (χ0) is 15.7. The van der Waals surface area contributed by atoms with E-state index in [4.69, 9.17) is 5.11 Å². The van der Waals surface area contributed by atoms with Crippen LogP contribution in [0, 0.1) is 11.8 Å². The minimum atomic E-state index is -0.733. The smallest absolute Gasteiger partial charge is 0.315 e. The van der Waals surface area contributed by atoms with E-state index >= 15 is 0 Å². The van der Waals surface area contributed by atoms with Crippen molar-refractivity contribution in [2.45, 2.75) is 71.3 Å². The molecule has 0 spiro atoms. The Kier molecular flexibility index (Phi) is 8.16. The van der Waals surface area contributed by atoms with Gasteiger partial charge in [-0.05, 0) is 43.9 Å². The Balaban J connectivity index is 2.00. The number of carbonyl (C=O) groups excluding carboxylic acids is 1. The van der Waals surface area contributed by atoms with Crippen LogP contribution in [0.2, 0.25) is 0 Å². The molecule has 3 unspecified atom stereocenters. The van der Waals surface area contributed by atoms with Crippen molar-refractivity contribution in [3.05, 3.63) is 0 Å². The van der Waals surface area contributed by atoms with Gasteiger partial charge in [-0.1, -0.05) is 26.7 Å². The molecule has 3 atom stereocenters. The van der Waals surface area contributed by atoms with Gasteiger partial charge >= 0.3 is 12.0 Å². The molecule has 1 aliphatic rings. The summed E-state index contributed by atoms with van der Waals surface area (Å²) in [5.74, 6) is 0.707. The molecule has 5 nitrogen and oxygen atoms in total. The quantitative estimate of drug-likeness (QED) is 0.602. The number of carboxylic acids is 1. The number of urea groups is 1. The minimum absolute atomic E-state index is 0.0627. The molecular formula is C16H30N2O3. The van der Waals surface area contributed by atoms with Gasteiger partial charge in [0.1, 0.15) is 0 Å². The summed E-state index contributed by atoms with van der Waals surface area (Å²) >= 11 is 0. The van der Waals surface area contributed by atoms with Gasteiger partial charge in [0.05, 0.1) is 0 Å². The summed E-state index contributed by atoms with van der Waals surface area (Å²) in [5, 5.41) is 14.5. The third kappa shape index (κ3) is 7.93. The first kappa shape index (κ1) is 17.8. The van der Waals surface area contributed by atoms with Gasteiger partial charge in [0.2, 0.25) is 0 Å². The third-order valence-corrected chi connectivity index (χ3v) is 4.54. The lowest BCUT2D eigenvalue weighted by molar-refractivity contribution is -0.137. The van der Waals surface area contributed by atoms with Gasteiger partial charge in [-0.3, -0.25) is 4.79 Å². The maximum absolute atomic E-state index is 11.8. The van der Waals surface area contributed by atoms with E-state index in [2.05, 4.69) is 24.5 Å². The molecule has 122 valence electrons. The van der Waals surface area contributed by atoms with Gasteiger partial charge in [-0.15, -0.1) is 0 Å². The van der Waals surface area contributed by atoms with Crippen LogP contribution in [0.15, 0.2) is 0 Å². The summed E-state index contributed by atoms with van der Waals surface area (Å²) in [5.41, 5.74) is 0. The highest BCUT2D eigenvalue weighted by molar-refractivity contribution is 5.74. The Bertz CT molecular complexity index is 333. The zero-order valence-electron chi connectivity index (χ0n) is 13.4. The molecule has 0 aliphatic heterocycles. The molecule has 5 heteroatoms. The Morgan fingerprint density at radius 2 is 1.76 bits per heavy atom. The summed E-state index contributed by atoms with van der Waals surface area (Å²) in [6.07, 6.45) is 7.09. The minimum Gasteiger partial charge on any atom is -0.481 e. The monoisotopic (exact) mass is 298 g/mol. The second-order valence-corrected chi connectivity index (χ2v) is 6.42. The van der Waals surface area contributed by atoms with Crippen molar-refractivity contribution in [1.82, 2.24) is 10.6 Å². The Hall–Kier alpha value is -1.26. The average molecular weight is 298 g/mol. The fraction of sp³-hybridized carbons (Fsp3) is 0.875. The maximum Gasteiger partial charge on any atom is 0.315 e. The van der Waals surface area contributed by atoms with Crippen LogP contribution in [-0.4, -0.2) is 29.7 Å². The number of carbonyl (C=O) groups is 2. The second kappa shape index (κ2) is 9.64. The molecule has 21 heavy (non-hydrogen) atoms. The molecule has 0 bridgehead atoms. The van der Waals surface area contributed by atoms with E-state index in [1.54, 1.807) is 0 Å². The highest BCUT2D eigenvalue weighted by Crippen LogP contribution is 2.29. The van der Waals surface area contributed by atoms with E-state index in [0.717, 1.165) is 44.4 Å². The number of hydrogen-bond donors (Lipinski definition) is 3. The van der Waals surface area contributed by atoms with Crippen molar-refractivity contribution in [2.24, 2.45) is 11.8 Å². The van der Waals surface area contributed by atoms with E-state index in [0.29, 0.717) is 18.5 Å². The summed E-state index contributed by atoms with van der Waals surface area (Å²) in [6.45, 7) is 5.20. The van der Waals surface area contributed by atoms with Crippen LogP contribution in [0.4, 0.5) is 4.79 Å². The predicted molar refractivity (Wildman–Crippen MR) is 83.2 cm³/mol. The van der Waals surface area contributed by atoms with Crippen molar-refractivity contribution in [1.29, 1.82) is 0 Å². The van der Waals surface area contributed by atoms with E-state index in [1.807, 2.05) is 0 Å². The SMILES string of the molecule is CC1CCC(NC(=O)NCCCCCCC(=O)O)CC1C. The number of aliphatic carboxylic acids is 1. The van der Waals surface area contributed by atoms with Crippen molar-refractivity contribution >= 4 is 12.0 Å². The van der Waals surface area contributed by atoms with Gasteiger partial charge in [-0.25, -0.2) is 4.79 Å². The lowest BCUT2D eigenvalue weighted by Crippen LogP contribution is -2.45. The number of unbranched alkanes of at least 4 members (excludes halogenated alkanes) is 3. The summed E-state index contributed by atoms with van der Waals surface area (Å²) in [7, 11) is 0. The molecule has 1 saturated carbocycles. The molecule has 1 fully saturated rings. The van der Waals surface area contributed by atoms with Crippen LogP contribution >= 0.6 is 0 Å². The third-order valence-electron chi connectivity index (χ3n) is 4.54. The average Bonchev–Trinajstić information content (AvgIpc) is 2.41. The molecule has 0 radical (unpaired) electrons. The Morgan fingerprint density at radius 3 is 2.43 bits per heavy atom. The van der Waals surface area contributed by atoms with E-state index in [-0.39, 0.29) is 12.5 Å². The number of hydrogen-bond acceptors (Lipinski definition) is 2. The molecule has 0 aromatic carbocycles. The molecule has 1 rings (SSSR count). The van der Waals surface area contributed by atoms with Crippen LogP contribution in [-0.2, 0) is 4.79 Å². The van der Waals surface area contributed by atoms with Crippen LogP contribution in [0.1, 0.15) is 65.2 Å². The van der Waals surface area contributed by atoms with Gasteiger partial charge in [0, 0.05) is 19.0 Å². The van der Waals surface area contributed by atoms with Gasteiger partial charge in [-0.2, -0.15) is 0 Å². The van der Waals surface area contributed by atoms with E-state index in [9.17, 15) is 9.59 Å². The molecule has 0 saturated heterocycles. The first-order valence-electron chi connectivity index (χ1n) is 8.25. The Labute approximate surface area is 127 Å². The number of rotatable bonds is 8. The molecule has 0 aromatic heterocycles. The van der Waals surface area contributed by atoms with Gasteiger partial charge in [0.15, 0.2) is 0 Å². The lowest BCUT2D eigenvalue weighted by atomic mass is 9.79. The first-order chi connectivity index (χ1) is 9.99. The van der Waals surface area contributed by atoms with Crippen LogP contribution in [0.25, 0.3) is 0 Å². The maximum atomic E-state index is 11.8. The van der Waals surface area contributed by atoms with Crippen molar-refractivity contribution in [3.63, 3.8) is 0 Å². The standard InChI is InChI=1S/C16H30N2O3/c1-12-8-9-14(11-13(12)2)18-16(21)17-10-6-4-3-5-7-15(19)20/h12-14H,3-11H2,1-2H3,(H,19,20)(H2,17,18,21). The number of nitrogens with one attached hydrogen (secondary N) is 2. The van der Waals surface area contributed by atoms with Crippen molar-refractivity contribution < 1.29 is 14.7 Å². The predicted octanol–water partition coefficient (Wildman–Crippen LogP) is 3.15. The largest absolute Gasteiger partial charge is 0.481 e. The molecule has 0 heterocycles. The van der Waals surface area contributed by atoms with E-state index in [1.165, 1.54) is 6.42 Å². The molecule has 3 N–H and O–H groups in total. The highest BCUT2D eigenvalue weighted by Gasteiger charge is 2.25. The van der Waals surface area contributed by atoms with Gasteiger partial charge < -0.3 is 15.7 Å².